The van der Waals surface area contributed by atoms with Crippen LogP contribution < -0.4 is 10.6 Å². The molecule has 1 aliphatic carbocycles. The average molecular weight is 488 g/mol. The summed E-state index contributed by atoms with van der Waals surface area (Å²) in [6.45, 7) is 2.46. The Balaban J connectivity index is 0.00000261. The van der Waals surface area contributed by atoms with Crippen LogP contribution in [0.25, 0.3) is 0 Å². The maximum Gasteiger partial charge on any atom is 0.225 e. The molecule has 3 rings (SSSR count). The van der Waals surface area contributed by atoms with E-state index in [4.69, 9.17) is 0 Å². The number of carbonyl (C=O) groups excluding carboxylic acids is 1. The number of amides is 1. The molecule has 1 unspecified atom stereocenters. The van der Waals surface area contributed by atoms with Gasteiger partial charge in [0, 0.05) is 51.9 Å². The Bertz CT molecular complexity index is 625. The number of likely N-dealkylation sites (tertiary alicyclic amines) is 1. The van der Waals surface area contributed by atoms with Crippen LogP contribution in [0.5, 0.6) is 0 Å². The Morgan fingerprint density at radius 2 is 2.07 bits per heavy atom. The molecule has 0 radical (unpaired) electrons. The zero-order valence-corrected chi connectivity index (χ0v) is 18.8. The Morgan fingerprint density at radius 3 is 2.74 bits per heavy atom. The third kappa shape index (κ3) is 6.36. The van der Waals surface area contributed by atoms with Crippen LogP contribution in [0.4, 0.5) is 0 Å². The Hall–Kier alpha value is -1.32. The molecular weight excluding hydrogens is 455 g/mol. The number of guanidine groups is 1. The summed E-state index contributed by atoms with van der Waals surface area (Å²) in [4.78, 5) is 19.0. The molecule has 1 amide bonds. The summed E-state index contributed by atoms with van der Waals surface area (Å²) in [6.07, 6.45) is 11.7. The topological polar surface area (TPSA) is 74.6 Å². The fraction of sp³-hybridized carbons (Fsp3) is 0.737. The number of nitrogens with one attached hydrogen (secondary N) is 2. The van der Waals surface area contributed by atoms with E-state index in [-0.39, 0.29) is 35.9 Å². The number of carbonyl (C=O) groups is 1. The first kappa shape index (κ1) is 22.0. The first-order chi connectivity index (χ1) is 12.7. The second-order valence-electron chi connectivity index (χ2n) is 7.52. The van der Waals surface area contributed by atoms with Gasteiger partial charge in [-0.1, -0.05) is 19.3 Å². The molecule has 1 saturated carbocycles. The van der Waals surface area contributed by atoms with Crippen LogP contribution in [0.15, 0.2) is 17.4 Å². The number of aliphatic imine (C=N–C) groups is 1. The monoisotopic (exact) mass is 488 g/mol. The molecule has 152 valence electrons. The lowest BCUT2D eigenvalue weighted by atomic mass is 9.88. The predicted molar refractivity (Wildman–Crippen MR) is 118 cm³/mol. The molecule has 1 aromatic heterocycles. The van der Waals surface area contributed by atoms with E-state index < -0.39 is 0 Å². The van der Waals surface area contributed by atoms with Crippen molar-refractivity contribution in [2.45, 2.75) is 51.0 Å². The van der Waals surface area contributed by atoms with Gasteiger partial charge in [0.25, 0.3) is 0 Å². The van der Waals surface area contributed by atoms with Crippen molar-refractivity contribution >= 4 is 35.8 Å². The van der Waals surface area contributed by atoms with Gasteiger partial charge >= 0.3 is 0 Å². The highest BCUT2D eigenvalue weighted by Gasteiger charge is 2.31. The molecule has 1 saturated heterocycles. The number of aryl methyl sites for hydroxylation is 1. The molecule has 0 aromatic carbocycles. The molecule has 7 nitrogen and oxygen atoms in total. The second-order valence-corrected chi connectivity index (χ2v) is 7.52. The Labute approximate surface area is 179 Å². The van der Waals surface area contributed by atoms with Gasteiger partial charge in [0.15, 0.2) is 5.96 Å². The summed E-state index contributed by atoms with van der Waals surface area (Å²) in [5.41, 5.74) is 1.21. The third-order valence-electron chi connectivity index (χ3n) is 5.48. The van der Waals surface area contributed by atoms with E-state index in [2.05, 4.69) is 25.6 Å². The SMILES string of the molecule is CN=C(NCCc1cnn(C)c1)NC1CCN(C(=O)C2CCCCC2)C1.I. The Kier molecular flexibility index (Phi) is 8.85. The van der Waals surface area contributed by atoms with Gasteiger partial charge in [0.05, 0.1) is 6.20 Å². The number of hydrogen-bond donors (Lipinski definition) is 2. The lowest BCUT2D eigenvalue weighted by Gasteiger charge is -2.26. The van der Waals surface area contributed by atoms with Crippen LogP contribution in [0.2, 0.25) is 0 Å². The van der Waals surface area contributed by atoms with Crippen LogP contribution in [-0.2, 0) is 18.3 Å². The maximum atomic E-state index is 12.7. The van der Waals surface area contributed by atoms with Gasteiger partial charge in [-0.15, -0.1) is 24.0 Å². The van der Waals surface area contributed by atoms with E-state index in [0.29, 0.717) is 5.91 Å². The summed E-state index contributed by atoms with van der Waals surface area (Å²) >= 11 is 0. The van der Waals surface area contributed by atoms with Crippen LogP contribution in [0, 0.1) is 5.92 Å². The number of rotatable bonds is 5. The molecule has 1 atom stereocenters. The standard InChI is InChI=1S/C19H32N6O.HI/c1-20-19(21-10-8-15-12-22-24(2)13-15)23-17-9-11-25(14-17)18(26)16-6-4-3-5-7-16;/h12-13,16-17H,3-11,14H2,1-2H3,(H2,20,21,23);1H. The molecule has 0 spiro atoms. The summed E-state index contributed by atoms with van der Waals surface area (Å²) in [5, 5.41) is 11.0. The minimum Gasteiger partial charge on any atom is -0.356 e. The fourth-order valence-electron chi connectivity index (χ4n) is 4.00. The van der Waals surface area contributed by atoms with Crippen molar-refractivity contribution in [3.8, 4) is 0 Å². The van der Waals surface area contributed by atoms with E-state index in [0.717, 1.165) is 51.3 Å². The molecule has 0 bridgehead atoms. The lowest BCUT2D eigenvalue weighted by molar-refractivity contribution is -0.135. The van der Waals surface area contributed by atoms with Gasteiger partial charge in [-0.25, -0.2) is 0 Å². The summed E-state index contributed by atoms with van der Waals surface area (Å²) in [7, 11) is 3.72. The van der Waals surface area contributed by atoms with Crippen LogP contribution in [-0.4, -0.2) is 59.3 Å². The number of nitrogens with zero attached hydrogens (tertiary/aromatic N) is 4. The summed E-state index contributed by atoms with van der Waals surface area (Å²) < 4.78 is 1.82. The molecule has 2 heterocycles. The van der Waals surface area contributed by atoms with Crippen molar-refractivity contribution in [2.24, 2.45) is 18.0 Å². The highest BCUT2D eigenvalue weighted by Crippen LogP contribution is 2.26. The third-order valence-corrected chi connectivity index (χ3v) is 5.48. The second kappa shape index (κ2) is 10.9. The zero-order valence-electron chi connectivity index (χ0n) is 16.5. The Morgan fingerprint density at radius 1 is 1.30 bits per heavy atom. The largest absolute Gasteiger partial charge is 0.356 e. The quantitative estimate of drug-likeness (QED) is 0.378. The van der Waals surface area contributed by atoms with E-state index in [1.165, 1.54) is 24.8 Å². The number of hydrogen-bond acceptors (Lipinski definition) is 3. The predicted octanol–water partition coefficient (Wildman–Crippen LogP) is 1.93. The zero-order chi connectivity index (χ0) is 18.4. The van der Waals surface area contributed by atoms with Crippen molar-refractivity contribution in [3.63, 3.8) is 0 Å². The van der Waals surface area contributed by atoms with E-state index in [9.17, 15) is 4.79 Å². The smallest absolute Gasteiger partial charge is 0.225 e. The minimum absolute atomic E-state index is 0. The van der Waals surface area contributed by atoms with Crippen LogP contribution >= 0.6 is 24.0 Å². The minimum atomic E-state index is 0. The van der Waals surface area contributed by atoms with E-state index in [1.807, 2.05) is 24.1 Å². The van der Waals surface area contributed by atoms with E-state index in [1.54, 1.807) is 7.05 Å². The molecule has 2 fully saturated rings. The molecule has 8 heteroatoms. The van der Waals surface area contributed by atoms with Gasteiger partial charge in [0.1, 0.15) is 0 Å². The van der Waals surface area contributed by atoms with Gasteiger partial charge in [0.2, 0.25) is 5.91 Å². The fourth-order valence-corrected chi connectivity index (χ4v) is 4.00. The van der Waals surface area contributed by atoms with Gasteiger partial charge < -0.3 is 15.5 Å². The lowest BCUT2D eigenvalue weighted by Crippen LogP contribution is -2.46. The van der Waals surface area contributed by atoms with Crippen molar-refractivity contribution in [1.82, 2.24) is 25.3 Å². The highest BCUT2D eigenvalue weighted by atomic mass is 127. The van der Waals surface area contributed by atoms with Crippen molar-refractivity contribution in [2.75, 3.05) is 26.7 Å². The molecular formula is C19H33IN6O. The molecule has 1 aromatic rings. The van der Waals surface area contributed by atoms with Gasteiger partial charge in [-0.2, -0.15) is 5.10 Å². The van der Waals surface area contributed by atoms with Crippen LogP contribution in [0.1, 0.15) is 44.1 Å². The normalized spacial score (nSPS) is 21.0. The molecule has 1 aliphatic heterocycles. The van der Waals surface area contributed by atoms with E-state index >= 15 is 0 Å². The highest BCUT2D eigenvalue weighted by molar-refractivity contribution is 14.0. The molecule has 2 aliphatic rings. The van der Waals surface area contributed by atoms with Gasteiger partial charge in [-0.3, -0.25) is 14.5 Å². The average Bonchev–Trinajstić information content (AvgIpc) is 3.30. The summed E-state index contributed by atoms with van der Waals surface area (Å²) in [6, 6.07) is 0.284. The first-order valence-electron chi connectivity index (χ1n) is 9.89. The number of aromatic nitrogens is 2. The number of halogens is 1. The first-order valence-corrected chi connectivity index (χ1v) is 9.89. The van der Waals surface area contributed by atoms with Crippen molar-refractivity contribution in [1.29, 1.82) is 0 Å². The van der Waals surface area contributed by atoms with Crippen LogP contribution in [0.3, 0.4) is 0 Å². The van der Waals surface area contributed by atoms with Gasteiger partial charge in [-0.05, 0) is 31.2 Å². The summed E-state index contributed by atoms with van der Waals surface area (Å²) in [5.74, 6) is 1.44. The van der Waals surface area contributed by atoms with Crippen molar-refractivity contribution in [3.05, 3.63) is 18.0 Å². The molecule has 2 N–H and O–H groups in total. The van der Waals surface area contributed by atoms with Crippen molar-refractivity contribution < 1.29 is 4.79 Å². The maximum absolute atomic E-state index is 12.7. The molecule has 27 heavy (non-hydrogen) atoms.